The molecule has 0 heterocycles. The third-order valence-electron chi connectivity index (χ3n) is 4.17. The Balaban J connectivity index is 3.69. The van der Waals surface area contributed by atoms with Gasteiger partial charge >= 0.3 is 0 Å². The number of rotatable bonds is 5. The second kappa shape index (κ2) is 7.02. The average Bonchev–Trinajstić information content (AvgIpc) is 2.44. The molecule has 0 aliphatic carbocycles. The molecule has 0 aromatic heterocycles. The fourth-order valence-electron chi connectivity index (χ4n) is 2.55. The van der Waals surface area contributed by atoms with E-state index in [1.54, 1.807) is 7.11 Å². The molecule has 0 fully saturated rings. The number of nitrogens with two attached hydrogens (primary N) is 2. The van der Waals surface area contributed by atoms with Crippen molar-refractivity contribution in [1.29, 1.82) is 0 Å². The molecule has 0 unspecified atom stereocenters. The number of carbonyl (C=O) groups excluding carboxylic acids is 1. The number of benzene rings is 1. The smallest absolute Gasteiger partial charge is 0.172 e. The highest BCUT2D eigenvalue weighted by Crippen LogP contribution is 2.39. The summed E-state index contributed by atoms with van der Waals surface area (Å²) in [6.45, 7) is 13.3. The Labute approximate surface area is 140 Å². The van der Waals surface area contributed by atoms with Gasteiger partial charge in [-0.2, -0.15) is 0 Å². The molecule has 1 aromatic rings. The van der Waals surface area contributed by atoms with Gasteiger partial charge in [0.2, 0.25) is 0 Å². The third kappa shape index (κ3) is 4.33. The van der Waals surface area contributed by atoms with Crippen LogP contribution in [0.2, 0.25) is 0 Å². The summed E-state index contributed by atoms with van der Waals surface area (Å²) in [6, 6.07) is 4.09. The molecule has 23 heavy (non-hydrogen) atoms. The van der Waals surface area contributed by atoms with Crippen molar-refractivity contribution in [3.8, 4) is 5.75 Å². The number of ether oxygens (including phenoxy) is 1. The Morgan fingerprint density at radius 1 is 1.04 bits per heavy atom. The minimum atomic E-state index is -0.382. The first kappa shape index (κ1) is 19.7. The molecule has 0 aliphatic heterocycles. The first-order chi connectivity index (χ1) is 10.5. The third-order valence-corrected chi connectivity index (χ3v) is 4.17. The first-order valence-corrected chi connectivity index (χ1v) is 8.14. The number of carbonyl (C=O) groups is 1. The number of hydrogen-bond acceptors (Lipinski definition) is 4. The van der Waals surface area contributed by atoms with Crippen LogP contribution in [-0.4, -0.2) is 26.0 Å². The molecule has 4 nitrogen and oxygen atoms in total. The second-order valence-corrected chi connectivity index (χ2v) is 8.14. The minimum absolute atomic E-state index is 0.0385. The SMILES string of the molecule is COc1c(C(=O)C(CN)CN)cc(C(C)(C)C)cc1C(C)(C)C. The highest BCUT2D eigenvalue weighted by atomic mass is 16.5. The lowest BCUT2D eigenvalue weighted by atomic mass is 9.77. The zero-order valence-corrected chi connectivity index (χ0v) is 15.6. The monoisotopic (exact) mass is 320 g/mol. The Bertz CT molecular complexity index is 562. The molecule has 0 atom stereocenters. The van der Waals surface area contributed by atoms with E-state index in [2.05, 4.69) is 47.6 Å². The van der Waals surface area contributed by atoms with Crippen molar-refractivity contribution in [3.63, 3.8) is 0 Å². The lowest BCUT2D eigenvalue weighted by Crippen LogP contribution is -2.32. The van der Waals surface area contributed by atoms with Crippen LogP contribution in [0.1, 0.15) is 63.0 Å². The van der Waals surface area contributed by atoms with Gasteiger partial charge in [0.25, 0.3) is 0 Å². The van der Waals surface area contributed by atoms with E-state index in [0.717, 1.165) is 11.1 Å². The molecule has 4 heteroatoms. The van der Waals surface area contributed by atoms with Crippen LogP contribution in [0.25, 0.3) is 0 Å². The molecule has 4 N–H and O–H groups in total. The number of hydrogen-bond donors (Lipinski definition) is 2. The zero-order valence-electron chi connectivity index (χ0n) is 15.6. The molecule has 0 bridgehead atoms. The fourth-order valence-corrected chi connectivity index (χ4v) is 2.55. The predicted molar refractivity (Wildman–Crippen MR) is 96.3 cm³/mol. The molecule has 0 radical (unpaired) electrons. The van der Waals surface area contributed by atoms with Crippen LogP contribution in [0.3, 0.4) is 0 Å². The van der Waals surface area contributed by atoms with Gasteiger partial charge in [-0.05, 0) is 22.5 Å². The summed E-state index contributed by atoms with van der Waals surface area (Å²) in [5, 5.41) is 0. The minimum Gasteiger partial charge on any atom is -0.496 e. The van der Waals surface area contributed by atoms with Gasteiger partial charge in [0.15, 0.2) is 5.78 Å². The summed E-state index contributed by atoms with van der Waals surface area (Å²) >= 11 is 0. The topological polar surface area (TPSA) is 78.3 Å². The van der Waals surface area contributed by atoms with Crippen molar-refractivity contribution in [1.82, 2.24) is 0 Å². The van der Waals surface area contributed by atoms with Crippen LogP contribution in [0.15, 0.2) is 12.1 Å². The second-order valence-electron chi connectivity index (χ2n) is 8.14. The van der Waals surface area contributed by atoms with Crippen LogP contribution >= 0.6 is 0 Å². The Hall–Kier alpha value is -1.39. The van der Waals surface area contributed by atoms with Crippen molar-refractivity contribution in [3.05, 3.63) is 28.8 Å². The van der Waals surface area contributed by atoms with E-state index < -0.39 is 0 Å². The molecular formula is C19H32N2O2. The summed E-state index contributed by atoms with van der Waals surface area (Å²) in [5.74, 6) is 0.220. The molecule has 0 amide bonds. The van der Waals surface area contributed by atoms with Crippen LogP contribution in [0.4, 0.5) is 0 Å². The predicted octanol–water partition coefficient (Wildman–Crippen LogP) is 3.01. The maximum Gasteiger partial charge on any atom is 0.172 e. The highest BCUT2D eigenvalue weighted by Gasteiger charge is 2.29. The zero-order chi connectivity index (χ0) is 18.0. The van der Waals surface area contributed by atoms with Crippen LogP contribution in [-0.2, 0) is 10.8 Å². The van der Waals surface area contributed by atoms with Gasteiger partial charge in [-0.3, -0.25) is 4.79 Å². The van der Waals surface area contributed by atoms with Crippen LogP contribution in [0.5, 0.6) is 5.75 Å². The van der Waals surface area contributed by atoms with E-state index in [1.165, 1.54) is 0 Å². The van der Waals surface area contributed by atoms with E-state index in [0.29, 0.717) is 11.3 Å². The molecule has 0 saturated heterocycles. The normalized spacial score (nSPS) is 12.6. The van der Waals surface area contributed by atoms with E-state index in [4.69, 9.17) is 16.2 Å². The van der Waals surface area contributed by atoms with Gasteiger partial charge in [-0.1, -0.05) is 47.6 Å². The molecule has 0 saturated carbocycles. The van der Waals surface area contributed by atoms with Crippen molar-refractivity contribution in [2.45, 2.75) is 52.4 Å². The quantitative estimate of drug-likeness (QED) is 0.818. The maximum atomic E-state index is 12.9. The Morgan fingerprint density at radius 2 is 1.57 bits per heavy atom. The maximum absolute atomic E-state index is 12.9. The average molecular weight is 320 g/mol. The summed E-state index contributed by atoms with van der Waals surface area (Å²) in [5.41, 5.74) is 14.0. The van der Waals surface area contributed by atoms with Gasteiger partial charge < -0.3 is 16.2 Å². The Kier molecular flexibility index (Phi) is 6.00. The Morgan fingerprint density at radius 3 is 1.91 bits per heavy atom. The van der Waals surface area contributed by atoms with Crippen molar-refractivity contribution >= 4 is 5.78 Å². The van der Waals surface area contributed by atoms with Crippen molar-refractivity contribution in [2.24, 2.45) is 17.4 Å². The van der Waals surface area contributed by atoms with Gasteiger partial charge in [0.1, 0.15) is 5.75 Å². The van der Waals surface area contributed by atoms with Crippen LogP contribution in [0, 0.1) is 5.92 Å². The molecule has 0 aliphatic rings. The standard InChI is InChI=1S/C19H32N2O2/c1-18(2,3)13-8-14(16(22)12(10-20)11-21)17(23-7)15(9-13)19(4,5)6/h8-9,12H,10-11,20-21H2,1-7H3. The first-order valence-electron chi connectivity index (χ1n) is 8.14. The lowest BCUT2D eigenvalue weighted by molar-refractivity contribution is 0.0925. The summed E-state index contributed by atoms with van der Waals surface area (Å²) < 4.78 is 5.63. The molecular weight excluding hydrogens is 288 g/mol. The van der Waals surface area contributed by atoms with Crippen LogP contribution < -0.4 is 16.2 Å². The molecule has 130 valence electrons. The highest BCUT2D eigenvalue weighted by molar-refractivity contribution is 6.01. The number of methoxy groups -OCH3 is 1. The summed E-state index contributed by atoms with van der Waals surface area (Å²) in [4.78, 5) is 12.9. The lowest BCUT2D eigenvalue weighted by Gasteiger charge is -2.29. The van der Waals surface area contributed by atoms with E-state index in [1.807, 2.05) is 6.07 Å². The van der Waals surface area contributed by atoms with Crippen molar-refractivity contribution in [2.75, 3.05) is 20.2 Å². The summed E-state index contributed by atoms with van der Waals surface area (Å²) in [7, 11) is 1.61. The molecule has 0 spiro atoms. The number of ketones is 1. The number of Topliss-reactive ketones (excluding diaryl/α,β-unsaturated/α-hetero) is 1. The fraction of sp³-hybridized carbons (Fsp3) is 0.632. The van der Waals surface area contributed by atoms with E-state index in [9.17, 15) is 4.79 Å². The van der Waals surface area contributed by atoms with Crippen molar-refractivity contribution < 1.29 is 9.53 Å². The molecule has 1 rings (SSSR count). The molecule has 1 aromatic carbocycles. The largest absolute Gasteiger partial charge is 0.496 e. The van der Waals surface area contributed by atoms with Gasteiger partial charge in [0, 0.05) is 24.6 Å². The summed E-state index contributed by atoms with van der Waals surface area (Å²) in [6.07, 6.45) is 0. The van der Waals surface area contributed by atoms with Gasteiger partial charge in [0.05, 0.1) is 12.7 Å². The van der Waals surface area contributed by atoms with E-state index in [-0.39, 0.29) is 35.6 Å². The van der Waals surface area contributed by atoms with E-state index >= 15 is 0 Å². The van der Waals surface area contributed by atoms with Gasteiger partial charge in [-0.25, -0.2) is 0 Å². The van der Waals surface area contributed by atoms with Gasteiger partial charge in [-0.15, -0.1) is 0 Å².